The number of hydrogen-bond acceptors (Lipinski definition) is 4. The fourth-order valence-corrected chi connectivity index (χ4v) is 3.51. The molecule has 1 unspecified atom stereocenters. The normalized spacial score (nSPS) is 25.6. The number of alkyl halides is 3. The minimum atomic E-state index is -4.55. The van der Waals surface area contributed by atoms with E-state index in [-0.39, 0.29) is 12.3 Å². The molecular formula is C16H17F3N4O. The molecule has 1 atom stereocenters. The molecule has 1 N–H and O–H groups in total. The van der Waals surface area contributed by atoms with Gasteiger partial charge in [-0.3, -0.25) is 4.79 Å². The standard InChI is InChI=1S/C16H17F3N4O/c17-16(18,19)15(21-22-15)13-2-1-7-23(13)14(24)11-5-3-10(4-6-11)12-8-20-9-12/h3-6,12-13,20H,1-2,7-9H2. The molecule has 0 aromatic heterocycles. The molecule has 3 aliphatic heterocycles. The second kappa shape index (κ2) is 5.27. The fraction of sp³-hybridized carbons (Fsp3) is 0.562. The van der Waals surface area contributed by atoms with Crippen LogP contribution in [0.5, 0.6) is 0 Å². The third kappa shape index (κ3) is 2.31. The van der Waals surface area contributed by atoms with Gasteiger partial charge in [-0.1, -0.05) is 12.1 Å². The van der Waals surface area contributed by atoms with Crippen LogP contribution in [-0.2, 0) is 0 Å². The lowest BCUT2D eigenvalue weighted by Crippen LogP contribution is -2.52. The predicted molar refractivity (Wildman–Crippen MR) is 79.8 cm³/mol. The third-order valence-corrected chi connectivity index (χ3v) is 5.12. The second-order valence-corrected chi connectivity index (χ2v) is 6.56. The minimum absolute atomic E-state index is 0.268. The molecule has 24 heavy (non-hydrogen) atoms. The summed E-state index contributed by atoms with van der Waals surface area (Å²) in [5, 5.41) is 9.72. The molecule has 0 bridgehead atoms. The topological polar surface area (TPSA) is 57.1 Å². The van der Waals surface area contributed by atoms with E-state index >= 15 is 0 Å². The van der Waals surface area contributed by atoms with Gasteiger partial charge in [0.05, 0.1) is 6.04 Å². The van der Waals surface area contributed by atoms with E-state index in [1.165, 1.54) is 4.90 Å². The highest BCUT2D eigenvalue weighted by Gasteiger charge is 2.70. The number of carbonyl (C=O) groups is 1. The van der Waals surface area contributed by atoms with Crippen LogP contribution in [0.1, 0.15) is 34.7 Å². The highest BCUT2D eigenvalue weighted by Crippen LogP contribution is 2.51. The minimum Gasteiger partial charge on any atom is -0.331 e. The van der Waals surface area contributed by atoms with Gasteiger partial charge in [-0.05, 0) is 30.5 Å². The number of carbonyl (C=O) groups excluding carboxylic acids is 1. The van der Waals surface area contributed by atoms with Crippen molar-refractivity contribution < 1.29 is 18.0 Å². The number of amides is 1. The van der Waals surface area contributed by atoms with Gasteiger partial charge in [0.15, 0.2) is 0 Å². The van der Waals surface area contributed by atoms with E-state index in [0.29, 0.717) is 24.4 Å². The van der Waals surface area contributed by atoms with Crippen molar-refractivity contribution in [2.75, 3.05) is 19.6 Å². The maximum Gasteiger partial charge on any atom is 0.439 e. The molecular weight excluding hydrogens is 321 g/mol. The molecule has 3 heterocycles. The highest BCUT2D eigenvalue weighted by atomic mass is 19.4. The number of nitrogens with zero attached hydrogens (tertiary/aromatic N) is 3. The van der Waals surface area contributed by atoms with Crippen molar-refractivity contribution in [1.82, 2.24) is 10.2 Å². The Kier molecular flexibility index (Phi) is 3.42. The van der Waals surface area contributed by atoms with Gasteiger partial charge in [0.25, 0.3) is 5.91 Å². The first-order valence-electron chi connectivity index (χ1n) is 8.05. The fourth-order valence-electron chi connectivity index (χ4n) is 3.51. The first kappa shape index (κ1) is 15.6. The molecule has 2 saturated heterocycles. The van der Waals surface area contributed by atoms with Crippen LogP contribution in [0.25, 0.3) is 0 Å². The molecule has 2 fully saturated rings. The summed E-state index contributed by atoms with van der Waals surface area (Å²) in [6.45, 7) is 2.14. The molecule has 1 amide bonds. The summed E-state index contributed by atoms with van der Waals surface area (Å²) in [7, 11) is 0. The molecule has 0 spiro atoms. The summed E-state index contributed by atoms with van der Waals surface area (Å²) < 4.78 is 39.7. The van der Waals surface area contributed by atoms with E-state index in [1.54, 1.807) is 12.1 Å². The second-order valence-electron chi connectivity index (χ2n) is 6.56. The van der Waals surface area contributed by atoms with Crippen molar-refractivity contribution >= 4 is 5.91 Å². The van der Waals surface area contributed by atoms with Crippen molar-refractivity contribution in [3.63, 3.8) is 0 Å². The number of nitrogens with one attached hydrogen (secondary N) is 1. The van der Waals surface area contributed by atoms with Crippen molar-refractivity contribution in [3.8, 4) is 0 Å². The van der Waals surface area contributed by atoms with E-state index in [9.17, 15) is 18.0 Å². The quantitative estimate of drug-likeness (QED) is 0.921. The molecule has 8 heteroatoms. The Morgan fingerprint density at radius 1 is 1.21 bits per heavy atom. The van der Waals surface area contributed by atoms with Crippen LogP contribution in [0.4, 0.5) is 13.2 Å². The van der Waals surface area contributed by atoms with Crippen molar-refractivity contribution in [2.24, 2.45) is 10.2 Å². The average Bonchev–Trinajstić information content (AvgIpc) is 3.17. The van der Waals surface area contributed by atoms with Crippen LogP contribution in [0.15, 0.2) is 34.5 Å². The van der Waals surface area contributed by atoms with Gasteiger partial charge in [-0.2, -0.15) is 13.2 Å². The lowest BCUT2D eigenvalue weighted by Gasteiger charge is -2.30. The smallest absolute Gasteiger partial charge is 0.331 e. The molecule has 128 valence electrons. The van der Waals surface area contributed by atoms with Crippen LogP contribution >= 0.6 is 0 Å². The first-order valence-corrected chi connectivity index (χ1v) is 8.05. The Hall–Kier alpha value is -1.96. The molecule has 1 aromatic carbocycles. The van der Waals surface area contributed by atoms with Crippen LogP contribution in [0, 0.1) is 0 Å². The highest BCUT2D eigenvalue weighted by molar-refractivity contribution is 5.94. The lowest BCUT2D eigenvalue weighted by atomic mass is 9.93. The summed E-state index contributed by atoms with van der Waals surface area (Å²) >= 11 is 0. The summed E-state index contributed by atoms with van der Waals surface area (Å²) in [5.74, 6) is 0.0722. The summed E-state index contributed by atoms with van der Waals surface area (Å²) in [6, 6.07) is 6.14. The van der Waals surface area contributed by atoms with Gasteiger partial charge in [0, 0.05) is 31.1 Å². The maximum atomic E-state index is 13.2. The van der Waals surface area contributed by atoms with Gasteiger partial charge < -0.3 is 10.2 Å². The van der Waals surface area contributed by atoms with Crippen LogP contribution in [0.2, 0.25) is 0 Å². The van der Waals surface area contributed by atoms with Crippen molar-refractivity contribution in [1.29, 1.82) is 0 Å². The third-order valence-electron chi connectivity index (χ3n) is 5.12. The van der Waals surface area contributed by atoms with E-state index in [1.807, 2.05) is 12.1 Å². The molecule has 3 aliphatic rings. The zero-order chi connectivity index (χ0) is 16.9. The first-order chi connectivity index (χ1) is 11.4. The number of halogens is 3. The van der Waals surface area contributed by atoms with Crippen molar-refractivity contribution in [3.05, 3.63) is 35.4 Å². The van der Waals surface area contributed by atoms with Gasteiger partial charge in [-0.25, -0.2) is 0 Å². The Morgan fingerprint density at radius 3 is 2.38 bits per heavy atom. The Morgan fingerprint density at radius 2 is 1.88 bits per heavy atom. The van der Waals surface area contributed by atoms with E-state index in [2.05, 4.69) is 15.5 Å². The van der Waals surface area contributed by atoms with Crippen molar-refractivity contribution in [2.45, 2.75) is 36.6 Å². The number of benzene rings is 1. The summed E-state index contributed by atoms with van der Waals surface area (Å²) in [6.07, 6.45) is -3.75. The molecule has 0 aliphatic carbocycles. The van der Waals surface area contributed by atoms with Crippen LogP contribution in [-0.4, -0.2) is 48.3 Å². The van der Waals surface area contributed by atoms with Gasteiger partial charge in [-0.15, -0.1) is 10.2 Å². The van der Waals surface area contributed by atoms with Gasteiger partial charge in [0.2, 0.25) is 0 Å². The largest absolute Gasteiger partial charge is 0.439 e. The maximum absolute atomic E-state index is 13.2. The molecule has 0 saturated carbocycles. The van der Waals surface area contributed by atoms with Crippen LogP contribution in [0.3, 0.4) is 0 Å². The van der Waals surface area contributed by atoms with Gasteiger partial charge in [0.1, 0.15) is 0 Å². The van der Waals surface area contributed by atoms with E-state index in [0.717, 1.165) is 18.7 Å². The van der Waals surface area contributed by atoms with E-state index < -0.39 is 17.9 Å². The van der Waals surface area contributed by atoms with E-state index in [4.69, 9.17) is 0 Å². The summed E-state index contributed by atoms with van der Waals surface area (Å²) in [4.78, 5) is 14.0. The van der Waals surface area contributed by atoms with Gasteiger partial charge >= 0.3 is 11.8 Å². The molecule has 5 nitrogen and oxygen atoms in total. The number of likely N-dealkylation sites (tertiary alicyclic amines) is 1. The predicted octanol–water partition coefficient (Wildman–Crippen LogP) is 2.70. The molecule has 4 rings (SSSR count). The Balaban J connectivity index is 1.53. The number of rotatable bonds is 3. The zero-order valence-electron chi connectivity index (χ0n) is 12.9. The molecule has 0 radical (unpaired) electrons. The Bertz CT molecular complexity index is 676. The lowest BCUT2D eigenvalue weighted by molar-refractivity contribution is -0.175. The summed E-state index contributed by atoms with van der Waals surface area (Å²) in [5.41, 5.74) is -0.852. The average molecular weight is 338 g/mol. The monoisotopic (exact) mass is 338 g/mol. The SMILES string of the molecule is O=C(c1ccc(C2CNC2)cc1)N1CCCC1C1(C(F)(F)F)N=N1. The number of hydrogen-bond donors (Lipinski definition) is 1. The molecule has 1 aromatic rings. The van der Waals surface area contributed by atoms with Crippen LogP contribution < -0.4 is 5.32 Å². The Labute approximate surface area is 136 Å². The zero-order valence-corrected chi connectivity index (χ0v) is 12.9.